The third-order valence-corrected chi connectivity index (χ3v) is 3.65. The smallest absolute Gasteiger partial charge is 0.0713 e. The van der Waals surface area contributed by atoms with E-state index in [2.05, 4.69) is 41.0 Å². The predicted octanol–water partition coefficient (Wildman–Crippen LogP) is 1.97. The molecule has 3 nitrogen and oxygen atoms in total. The SMILES string of the molecule is CCN1CCN(Cc2ccc(COC)cc2)CC1. The van der Waals surface area contributed by atoms with Crippen LogP contribution in [0.5, 0.6) is 0 Å². The molecule has 3 heteroatoms. The Hall–Kier alpha value is -0.900. The molecular formula is C15H24N2O. The molecule has 1 aliphatic rings. The summed E-state index contributed by atoms with van der Waals surface area (Å²) in [6.07, 6.45) is 0. The number of hydrogen-bond acceptors (Lipinski definition) is 3. The fourth-order valence-corrected chi connectivity index (χ4v) is 2.43. The van der Waals surface area contributed by atoms with Crippen molar-refractivity contribution in [3.8, 4) is 0 Å². The first kappa shape index (κ1) is 13.5. The summed E-state index contributed by atoms with van der Waals surface area (Å²) >= 11 is 0. The van der Waals surface area contributed by atoms with Gasteiger partial charge < -0.3 is 9.64 Å². The van der Waals surface area contributed by atoms with Crippen LogP contribution in [-0.4, -0.2) is 49.6 Å². The molecule has 1 aliphatic heterocycles. The number of hydrogen-bond donors (Lipinski definition) is 0. The topological polar surface area (TPSA) is 15.7 Å². The van der Waals surface area contributed by atoms with E-state index in [9.17, 15) is 0 Å². The number of ether oxygens (including phenoxy) is 1. The van der Waals surface area contributed by atoms with Crippen molar-refractivity contribution in [2.45, 2.75) is 20.1 Å². The summed E-state index contributed by atoms with van der Waals surface area (Å²) in [5.41, 5.74) is 2.65. The second-order valence-corrected chi connectivity index (χ2v) is 4.96. The van der Waals surface area contributed by atoms with Crippen LogP contribution in [0.25, 0.3) is 0 Å². The van der Waals surface area contributed by atoms with E-state index < -0.39 is 0 Å². The van der Waals surface area contributed by atoms with Gasteiger partial charge in [-0.2, -0.15) is 0 Å². The largest absolute Gasteiger partial charge is 0.380 e. The number of nitrogens with zero attached hydrogens (tertiary/aromatic N) is 2. The average molecular weight is 248 g/mol. The molecule has 100 valence electrons. The molecule has 0 radical (unpaired) electrons. The molecule has 0 aromatic heterocycles. The van der Waals surface area contributed by atoms with Crippen molar-refractivity contribution in [2.75, 3.05) is 39.8 Å². The minimum Gasteiger partial charge on any atom is -0.380 e. The van der Waals surface area contributed by atoms with Crippen LogP contribution in [0.2, 0.25) is 0 Å². The van der Waals surface area contributed by atoms with Gasteiger partial charge in [-0.05, 0) is 17.7 Å². The van der Waals surface area contributed by atoms with E-state index >= 15 is 0 Å². The first-order chi connectivity index (χ1) is 8.81. The predicted molar refractivity (Wildman–Crippen MR) is 74.5 cm³/mol. The standard InChI is InChI=1S/C15H24N2O/c1-3-16-8-10-17(11-9-16)12-14-4-6-15(7-5-14)13-18-2/h4-7H,3,8-13H2,1-2H3. The molecule has 18 heavy (non-hydrogen) atoms. The maximum atomic E-state index is 5.13. The van der Waals surface area contributed by atoms with Gasteiger partial charge in [0.25, 0.3) is 0 Å². The molecule has 0 unspecified atom stereocenters. The zero-order chi connectivity index (χ0) is 12.8. The molecular weight excluding hydrogens is 224 g/mol. The summed E-state index contributed by atoms with van der Waals surface area (Å²) < 4.78 is 5.13. The van der Waals surface area contributed by atoms with E-state index in [-0.39, 0.29) is 0 Å². The van der Waals surface area contributed by atoms with Gasteiger partial charge in [-0.25, -0.2) is 0 Å². The molecule has 0 saturated carbocycles. The normalized spacial score (nSPS) is 18.1. The highest BCUT2D eigenvalue weighted by atomic mass is 16.5. The number of methoxy groups -OCH3 is 1. The van der Waals surface area contributed by atoms with Crippen LogP contribution in [0.3, 0.4) is 0 Å². The van der Waals surface area contributed by atoms with Crippen LogP contribution in [0.15, 0.2) is 24.3 Å². The van der Waals surface area contributed by atoms with Gasteiger partial charge in [0.2, 0.25) is 0 Å². The van der Waals surface area contributed by atoms with Crippen molar-refractivity contribution in [3.05, 3.63) is 35.4 Å². The van der Waals surface area contributed by atoms with Crippen molar-refractivity contribution in [3.63, 3.8) is 0 Å². The number of piperazine rings is 1. The van der Waals surface area contributed by atoms with E-state index in [1.807, 2.05) is 0 Å². The van der Waals surface area contributed by atoms with Crippen LogP contribution in [-0.2, 0) is 17.9 Å². The summed E-state index contributed by atoms with van der Waals surface area (Å²) in [5, 5.41) is 0. The zero-order valence-electron chi connectivity index (χ0n) is 11.6. The van der Waals surface area contributed by atoms with Crippen molar-refractivity contribution in [1.82, 2.24) is 9.80 Å². The molecule has 0 N–H and O–H groups in total. The number of benzene rings is 1. The van der Waals surface area contributed by atoms with E-state index in [0.29, 0.717) is 6.61 Å². The Morgan fingerprint density at radius 2 is 1.50 bits per heavy atom. The minimum atomic E-state index is 0.704. The summed E-state index contributed by atoms with van der Waals surface area (Å²) in [5.74, 6) is 0. The van der Waals surface area contributed by atoms with Crippen molar-refractivity contribution >= 4 is 0 Å². The van der Waals surface area contributed by atoms with Gasteiger partial charge in [0.05, 0.1) is 6.61 Å². The minimum absolute atomic E-state index is 0.704. The van der Waals surface area contributed by atoms with E-state index in [1.165, 1.54) is 43.9 Å². The van der Waals surface area contributed by atoms with Crippen LogP contribution < -0.4 is 0 Å². The Morgan fingerprint density at radius 3 is 2.06 bits per heavy atom. The van der Waals surface area contributed by atoms with Crippen molar-refractivity contribution in [2.24, 2.45) is 0 Å². The Bertz CT molecular complexity index is 342. The van der Waals surface area contributed by atoms with Gasteiger partial charge in [0.1, 0.15) is 0 Å². The fraction of sp³-hybridized carbons (Fsp3) is 0.600. The van der Waals surface area contributed by atoms with Gasteiger partial charge in [-0.1, -0.05) is 31.2 Å². The first-order valence-electron chi connectivity index (χ1n) is 6.83. The van der Waals surface area contributed by atoms with Gasteiger partial charge in [-0.15, -0.1) is 0 Å². The fourth-order valence-electron chi connectivity index (χ4n) is 2.43. The summed E-state index contributed by atoms with van der Waals surface area (Å²) in [4.78, 5) is 5.05. The van der Waals surface area contributed by atoms with Gasteiger partial charge in [-0.3, -0.25) is 4.90 Å². The molecule has 1 fully saturated rings. The molecule has 0 aliphatic carbocycles. The third-order valence-electron chi connectivity index (χ3n) is 3.65. The van der Waals surface area contributed by atoms with Crippen molar-refractivity contribution in [1.29, 1.82) is 0 Å². The molecule has 0 atom stereocenters. The second kappa shape index (κ2) is 6.88. The number of likely N-dealkylation sites (N-methyl/N-ethyl adjacent to an activating group) is 1. The molecule has 1 saturated heterocycles. The molecule has 0 bridgehead atoms. The summed E-state index contributed by atoms with van der Waals surface area (Å²) in [6.45, 7) is 9.99. The molecule has 0 spiro atoms. The lowest BCUT2D eigenvalue weighted by Gasteiger charge is -2.34. The average Bonchev–Trinajstić information content (AvgIpc) is 2.42. The Labute approximate surface area is 110 Å². The summed E-state index contributed by atoms with van der Waals surface area (Å²) in [6, 6.07) is 8.78. The number of rotatable bonds is 5. The van der Waals surface area contributed by atoms with Crippen LogP contribution in [0.1, 0.15) is 18.1 Å². The summed E-state index contributed by atoms with van der Waals surface area (Å²) in [7, 11) is 1.74. The Kier molecular flexibility index (Phi) is 5.17. The van der Waals surface area contributed by atoms with E-state index in [1.54, 1.807) is 7.11 Å². The van der Waals surface area contributed by atoms with Crippen LogP contribution in [0.4, 0.5) is 0 Å². The van der Waals surface area contributed by atoms with Crippen LogP contribution in [0, 0.1) is 0 Å². The van der Waals surface area contributed by atoms with Gasteiger partial charge in [0, 0.05) is 39.8 Å². The maximum absolute atomic E-state index is 5.13. The highest BCUT2D eigenvalue weighted by Crippen LogP contribution is 2.10. The highest BCUT2D eigenvalue weighted by Gasteiger charge is 2.15. The Balaban J connectivity index is 1.82. The zero-order valence-corrected chi connectivity index (χ0v) is 11.6. The van der Waals surface area contributed by atoms with Crippen LogP contribution >= 0.6 is 0 Å². The van der Waals surface area contributed by atoms with Crippen molar-refractivity contribution < 1.29 is 4.74 Å². The molecule has 1 aromatic rings. The lowest BCUT2D eigenvalue weighted by atomic mass is 10.1. The lowest BCUT2D eigenvalue weighted by Crippen LogP contribution is -2.45. The van der Waals surface area contributed by atoms with Gasteiger partial charge in [0.15, 0.2) is 0 Å². The molecule has 2 rings (SSSR count). The third kappa shape index (κ3) is 3.80. The van der Waals surface area contributed by atoms with E-state index in [4.69, 9.17) is 4.74 Å². The lowest BCUT2D eigenvalue weighted by molar-refractivity contribution is 0.132. The Morgan fingerprint density at radius 1 is 0.944 bits per heavy atom. The second-order valence-electron chi connectivity index (χ2n) is 4.96. The quantitative estimate of drug-likeness (QED) is 0.792. The molecule has 1 aromatic carbocycles. The monoisotopic (exact) mass is 248 g/mol. The van der Waals surface area contributed by atoms with Gasteiger partial charge >= 0.3 is 0 Å². The molecule has 0 amide bonds. The van der Waals surface area contributed by atoms with E-state index in [0.717, 1.165) is 6.54 Å². The maximum Gasteiger partial charge on any atom is 0.0713 e. The highest BCUT2D eigenvalue weighted by molar-refractivity contribution is 5.22. The molecule has 1 heterocycles. The first-order valence-corrected chi connectivity index (χ1v) is 6.83.